The van der Waals surface area contributed by atoms with E-state index in [1.807, 2.05) is 31.2 Å². The zero-order chi connectivity index (χ0) is 11.7. The van der Waals surface area contributed by atoms with Crippen LogP contribution in [0.25, 0.3) is 0 Å². The number of likely N-dealkylation sites (N-methyl/N-ethyl adjacent to an activating group) is 1. The predicted octanol–water partition coefficient (Wildman–Crippen LogP) is 1.14. The van der Waals surface area contributed by atoms with Crippen LogP contribution in [0, 0.1) is 0 Å². The molecule has 0 aliphatic carbocycles. The highest BCUT2D eigenvalue weighted by atomic mass is 16.5. The van der Waals surface area contributed by atoms with Gasteiger partial charge in [-0.1, -0.05) is 18.2 Å². The smallest absolute Gasteiger partial charge is 0.240 e. The molecule has 1 heterocycles. The van der Waals surface area contributed by atoms with Gasteiger partial charge in [0.05, 0.1) is 13.2 Å². The van der Waals surface area contributed by atoms with Gasteiger partial charge in [0.25, 0.3) is 0 Å². The first kappa shape index (κ1) is 11.0. The molecule has 1 aromatic rings. The number of hydrogen-bond acceptors (Lipinski definition) is 3. The predicted molar refractivity (Wildman–Crippen MR) is 61.1 cm³/mol. The van der Waals surface area contributed by atoms with Crippen molar-refractivity contribution in [1.82, 2.24) is 10.2 Å². The maximum Gasteiger partial charge on any atom is 0.240 e. The van der Waals surface area contributed by atoms with E-state index in [0.717, 1.165) is 11.3 Å². The van der Waals surface area contributed by atoms with E-state index in [4.69, 9.17) is 4.74 Å². The Hall–Kier alpha value is -1.55. The maximum absolute atomic E-state index is 11.7. The summed E-state index contributed by atoms with van der Waals surface area (Å²) < 4.78 is 5.30. The van der Waals surface area contributed by atoms with Crippen molar-refractivity contribution in [3.63, 3.8) is 0 Å². The summed E-state index contributed by atoms with van der Waals surface area (Å²) >= 11 is 0. The molecule has 0 bridgehead atoms. The van der Waals surface area contributed by atoms with Gasteiger partial charge < -0.3 is 9.64 Å². The van der Waals surface area contributed by atoms with E-state index in [-0.39, 0.29) is 18.1 Å². The van der Waals surface area contributed by atoms with Crippen LogP contribution in [0.3, 0.4) is 0 Å². The average molecular weight is 220 g/mol. The lowest BCUT2D eigenvalue weighted by molar-refractivity contribution is -0.128. The number of ether oxygens (including phenoxy) is 1. The highest BCUT2D eigenvalue weighted by Gasteiger charge is 2.35. The van der Waals surface area contributed by atoms with Crippen molar-refractivity contribution >= 4 is 5.91 Å². The van der Waals surface area contributed by atoms with Gasteiger partial charge in [0.1, 0.15) is 11.9 Å². The van der Waals surface area contributed by atoms with E-state index in [1.54, 1.807) is 19.1 Å². The van der Waals surface area contributed by atoms with Gasteiger partial charge in [-0.2, -0.15) is 0 Å². The van der Waals surface area contributed by atoms with Gasteiger partial charge in [-0.05, 0) is 13.0 Å². The Balaban J connectivity index is 2.35. The van der Waals surface area contributed by atoms with Crippen LogP contribution in [0.15, 0.2) is 24.3 Å². The van der Waals surface area contributed by atoms with Crippen molar-refractivity contribution in [2.75, 3.05) is 14.2 Å². The van der Waals surface area contributed by atoms with E-state index < -0.39 is 0 Å². The molecule has 1 N–H and O–H groups in total. The van der Waals surface area contributed by atoms with E-state index >= 15 is 0 Å². The monoisotopic (exact) mass is 220 g/mol. The molecule has 2 unspecified atom stereocenters. The topological polar surface area (TPSA) is 41.6 Å². The minimum absolute atomic E-state index is 0.0985. The van der Waals surface area contributed by atoms with E-state index in [0.29, 0.717) is 0 Å². The summed E-state index contributed by atoms with van der Waals surface area (Å²) in [5.74, 6) is 0.907. The number of nitrogens with one attached hydrogen (secondary N) is 1. The van der Waals surface area contributed by atoms with Gasteiger partial charge in [0.15, 0.2) is 0 Å². The van der Waals surface area contributed by atoms with E-state index in [9.17, 15) is 4.79 Å². The second-order valence-electron chi connectivity index (χ2n) is 3.98. The van der Waals surface area contributed by atoms with Gasteiger partial charge in [-0.3, -0.25) is 10.1 Å². The number of para-hydroxylation sites is 1. The number of methoxy groups -OCH3 is 1. The van der Waals surface area contributed by atoms with Crippen molar-refractivity contribution in [1.29, 1.82) is 0 Å². The standard InChI is InChI=1S/C12H16N2O2/c1-8-12(15)14(2)11(13-8)9-6-4-5-7-10(9)16-3/h4-8,11,13H,1-3H3. The normalized spacial score (nSPS) is 24.9. The van der Waals surface area contributed by atoms with Crippen LogP contribution < -0.4 is 10.1 Å². The molecule has 0 spiro atoms. The molecule has 4 heteroatoms. The molecule has 1 aliphatic rings. The summed E-state index contributed by atoms with van der Waals surface area (Å²) in [6.07, 6.45) is -0.0985. The van der Waals surface area contributed by atoms with Crippen LogP contribution in [-0.2, 0) is 4.79 Å². The summed E-state index contributed by atoms with van der Waals surface area (Å²) in [4.78, 5) is 13.4. The first-order valence-electron chi connectivity index (χ1n) is 5.30. The molecule has 1 fully saturated rings. The minimum Gasteiger partial charge on any atom is -0.496 e. The molecule has 1 amide bonds. The van der Waals surface area contributed by atoms with Gasteiger partial charge in [-0.15, -0.1) is 0 Å². The molecule has 4 nitrogen and oxygen atoms in total. The summed E-state index contributed by atoms with van der Waals surface area (Å²) in [6, 6.07) is 7.60. The Morgan fingerprint density at radius 2 is 2.06 bits per heavy atom. The molecule has 1 aliphatic heterocycles. The lowest BCUT2D eigenvalue weighted by atomic mass is 10.1. The zero-order valence-corrected chi connectivity index (χ0v) is 9.73. The lowest BCUT2D eigenvalue weighted by Gasteiger charge is -2.21. The zero-order valence-electron chi connectivity index (χ0n) is 9.73. The molecule has 2 rings (SSSR count). The van der Waals surface area contributed by atoms with Gasteiger partial charge in [0, 0.05) is 12.6 Å². The third kappa shape index (κ3) is 1.65. The fourth-order valence-electron chi connectivity index (χ4n) is 2.04. The molecule has 1 saturated heterocycles. The van der Waals surface area contributed by atoms with Crippen LogP contribution in [0.2, 0.25) is 0 Å². The van der Waals surface area contributed by atoms with Gasteiger partial charge in [-0.25, -0.2) is 0 Å². The highest BCUT2D eigenvalue weighted by Crippen LogP contribution is 2.30. The minimum atomic E-state index is -0.139. The summed E-state index contributed by atoms with van der Waals surface area (Å²) in [6.45, 7) is 1.87. The number of nitrogens with zero attached hydrogens (tertiary/aromatic N) is 1. The molecule has 86 valence electrons. The number of carbonyl (C=O) groups is 1. The fourth-order valence-corrected chi connectivity index (χ4v) is 2.04. The second-order valence-corrected chi connectivity index (χ2v) is 3.98. The second kappa shape index (κ2) is 4.14. The molecule has 0 saturated carbocycles. The Kier molecular flexibility index (Phi) is 2.83. The highest BCUT2D eigenvalue weighted by molar-refractivity contribution is 5.84. The Labute approximate surface area is 95.2 Å². The Morgan fingerprint density at radius 1 is 1.38 bits per heavy atom. The third-order valence-corrected chi connectivity index (χ3v) is 2.95. The maximum atomic E-state index is 11.7. The van der Waals surface area contributed by atoms with Crippen LogP contribution in [0.5, 0.6) is 5.75 Å². The van der Waals surface area contributed by atoms with E-state index in [1.165, 1.54) is 0 Å². The first-order valence-corrected chi connectivity index (χ1v) is 5.30. The van der Waals surface area contributed by atoms with Crippen molar-refractivity contribution in [2.45, 2.75) is 19.1 Å². The molecule has 0 aromatic heterocycles. The van der Waals surface area contributed by atoms with Crippen molar-refractivity contribution in [3.8, 4) is 5.75 Å². The van der Waals surface area contributed by atoms with Crippen LogP contribution in [0.4, 0.5) is 0 Å². The number of hydrogen-bond donors (Lipinski definition) is 1. The van der Waals surface area contributed by atoms with Crippen LogP contribution in [-0.4, -0.2) is 31.0 Å². The molecule has 16 heavy (non-hydrogen) atoms. The summed E-state index contributed by atoms with van der Waals surface area (Å²) in [5.41, 5.74) is 0.991. The SMILES string of the molecule is COc1ccccc1C1NC(C)C(=O)N1C. The summed E-state index contributed by atoms with van der Waals surface area (Å²) in [5, 5.41) is 3.24. The Morgan fingerprint density at radius 3 is 2.62 bits per heavy atom. The first-order chi connectivity index (χ1) is 7.65. The lowest BCUT2D eigenvalue weighted by Crippen LogP contribution is -2.26. The number of carbonyl (C=O) groups excluding carboxylic acids is 1. The molecular weight excluding hydrogens is 204 g/mol. The molecular formula is C12H16N2O2. The molecule has 1 aromatic carbocycles. The average Bonchev–Trinajstić information content (AvgIpc) is 2.57. The quantitative estimate of drug-likeness (QED) is 0.812. The van der Waals surface area contributed by atoms with Crippen LogP contribution >= 0.6 is 0 Å². The molecule has 0 radical (unpaired) electrons. The third-order valence-electron chi connectivity index (χ3n) is 2.95. The number of amides is 1. The Bertz CT molecular complexity index is 406. The van der Waals surface area contributed by atoms with Crippen molar-refractivity contribution in [3.05, 3.63) is 29.8 Å². The van der Waals surface area contributed by atoms with Crippen molar-refractivity contribution in [2.24, 2.45) is 0 Å². The number of benzene rings is 1. The van der Waals surface area contributed by atoms with Gasteiger partial charge >= 0.3 is 0 Å². The number of rotatable bonds is 2. The summed E-state index contributed by atoms with van der Waals surface area (Å²) in [7, 11) is 3.44. The van der Waals surface area contributed by atoms with Crippen molar-refractivity contribution < 1.29 is 9.53 Å². The largest absolute Gasteiger partial charge is 0.496 e. The van der Waals surface area contributed by atoms with E-state index in [2.05, 4.69) is 5.32 Å². The van der Waals surface area contributed by atoms with Crippen LogP contribution in [0.1, 0.15) is 18.7 Å². The fraction of sp³-hybridized carbons (Fsp3) is 0.417. The molecule has 2 atom stereocenters. The van der Waals surface area contributed by atoms with Gasteiger partial charge in [0.2, 0.25) is 5.91 Å².